The number of hydrogen-bond donors (Lipinski definition) is 1. The molecule has 37 heavy (non-hydrogen) atoms. The van der Waals surface area contributed by atoms with Crippen LogP contribution in [0.5, 0.6) is 5.75 Å². The van der Waals surface area contributed by atoms with Crippen LogP contribution < -0.4 is 9.64 Å². The van der Waals surface area contributed by atoms with E-state index in [1.54, 1.807) is 48.6 Å². The minimum atomic E-state index is -0.946. The van der Waals surface area contributed by atoms with Crippen molar-refractivity contribution in [2.75, 3.05) is 51.3 Å². The third-order valence-corrected chi connectivity index (χ3v) is 7.34. The van der Waals surface area contributed by atoms with E-state index in [0.29, 0.717) is 56.8 Å². The van der Waals surface area contributed by atoms with E-state index in [-0.39, 0.29) is 18.4 Å². The quantitative estimate of drug-likeness (QED) is 0.505. The maximum Gasteiger partial charge on any atom is 0.253 e. The molecule has 3 aromatic rings. The Labute approximate surface area is 216 Å². The summed E-state index contributed by atoms with van der Waals surface area (Å²) in [5.41, 5.74) is 1.56. The molecule has 1 N–H and O–H groups in total. The number of aromatic nitrogens is 2. The molecule has 2 aromatic heterocycles. The van der Waals surface area contributed by atoms with E-state index in [1.165, 1.54) is 0 Å². The van der Waals surface area contributed by atoms with Crippen LogP contribution in [0.2, 0.25) is 0 Å². The van der Waals surface area contributed by atoms with Gasteiger partial charge in [-0.15, -0.1) is 0 Å². The third kappa shape index (κ3) is 5.67. The minimum absolute atomic E-state index is 0.142. The molecule has 194 valence electrons. The van der Waals surface area contributed by atoms with Gasteiger partial charge in [0.05, 0.1) is 17.7 Å². The summed E-state index contributed by atoms with van der Waals surface area (Å²) in [6, 6.07) is 10.9. The van der Waals surface area contributed by atoms with E-state index in [4.69, 9.17) is 4.74 Å². The highest BCUT2D eigenvalue weighted by molar-refractivity contribution is 5.94. The Hall–Kier alpha value is -3.72. The highest BCUT2D eigenvalue weighted by Crippen LogP contribution is 2.31. The van der Waals surface area contributed by atoms with Crippen LogP contribution in [-0.4, -0.2) is 88.7 Å². The molecule has 0 bridgehead atoms. The second-order valence-electron chi connectivity index (χ2n) is 9.95. The van der Waals surface area contributed by atoms with Crippen LogP contribution in [0.3, 0.4) is 0 Å². The fourth-order valence-corrected chi connectivity index (χ4v) is 5.21. The molecule has 0 unspecified atom stereocenters. The van der Waals surface area contributed by atoms with E-state index < -0.39 is 5.60 Å². The maximum absolute atomic E-state index is 13.0. The second-order valence-corrected chi connectivity index (χ2v) is 9.95. The number of hydrogen-bond acceptors (Lipinski definition) is 7. The number of aliphatic hydroxyl groups is 1. The number of likely N-dealkylation sites (N-methyl/N-ethyl adjacent to an activating group) is 1. The molecule has 2 aliphatic heterocycles. The van der Waals surface area contributed by atoms with Crippen LogP contribution in [0.15, 0.2) is 55.0 Å². The summed E-state index contributed by atoms with van der Waals surface area (Å²) < 4.78 is 5.75. The first-order valence-corrected chi connectivity index (χ1v) is 12.8. The van der Waals surface area contributed by atoms with E-state index >= 15 is 0 Å². The number of likely N-dealkylation sites (tertiary alicyclic amines) is 1. The van der Waals surface area contributed by atoms with Gasteiger partial charge in [0.1, 0.15) is 12.4 Å². The molecule has 2 aliphatic rings. The predicted octanol–water partition coefficient (Wildman–Crippen LogP) is 2.73. The lowest BCUT2D eigenvalue weighted by molar-refractivity contribution is -0.128. The molecule has 5 rings (SSSR count). The van der Waals surface area contributed by atoms with Gasteiger partial charge in [0.15, 0.2) is 0 Å². The number of piperidine rings is 1. The molecular formula is C28H33N5O4. The van der Waals surface area contributed by atoms with E-state index in [9.17, 15) is 14.7 Å². The Bertz CT molecular complexity index is 1250. The van der Waals surface area contributed by atoms with Crippen molar-refractivity contribution in [3.63, 3.8) is 0 Å². The third-order valence-electron chi connectivity index (χ3n) is 7.34. The fourth-order valence-electron chi connectivity index (χ4n) is 5.21. The van der Waals surface area contributed by atoms with Crippen LogP contribution in [-0.2, 0) is 4.79 Å². The van der Waals surface area contributed by atoms with E-state index in [0.717, 1.165) is 29.6 Å². The summed E-state index contributed by atoms with van der Waals surface area (Å²) in [4.78, 5) is 39.0. The fraction of sp³-hybridized carbons (Fsp3) is 0.429. The number of rotatable bonds is 8. The summed E-state index contributed by atoms with van der Waals surface area (Å²) in [6.07, 6.45) is 8.02. The summed E-state index contributed by atoms with van der Waals surface area (Å²) in [5, 5.41) is 12.3. The molecule has 0 radical (unpaired) electrons. The number of anilines is 1. The van der Waals surface area contributed by atoms with Gasteiger partial charge >= 0.3 is 0 Å². The molecule has 0 aliphatic carbocycles. The van der Waals surface area contributed by atoms with Crippen molar-refractivity contribution in [1.82, 2.24) is 19.8 Å². The summed E-state index contributed by atoms with van der Waals surface area (Å²) in [5.74, 6) is 0.704. The number of amides is 2. The summed E-state index contributed by atoms with van der Waals surface area (Å²) in [6.45, 7) is 3.43. The SMILES string of the molecule is CN(CC1(O)CCN(c2ccnc3ccncc23)CC1)C(=O)c1ccc(OCCN2CCCC2=O)cc1. The van der Waals surface area contributed by atoms with Gasteiger partial charge in [-0.25, -0.2) is 0 Å². The molecule has 0 spiro atoms. The van der Waals surface area contributed by atoms with Crippen molar-refractivity contribution in [2.45, 2.75) is 31.3 Å². The molecule has 2 fully saturated rings. The standard InChI is InChI=1S/C28H33N5O4/c1-31(27(35)21-4-6-22(7-5-21)37-18-17-33-14-2-3-26(33)34)20-28(36)10-15-32(16-11-28)25-9-13-30-24-8-12-29-19-23(24)25/h4-9,12-13,19,36H,2-3,10-11,14-18,20H2,1H3. The average Bonchev–Trinajstić information content (AvgIpc) is 3.33. The summed E-state index contributed by atoms with van der Waals surface area (Å²) >= 11 is 0. The van der Waals surface area contributed by atoms with Gasteiger partial charge in [-0.1, -0.05) is 0 Å². The lowest BCUT2D eigenvalue weighted by Crippen LogP contribution is -2.51. The molecule has 4 heterocycles. The van der Waals surface area contributed by atoms with Gasteiger partial charge in [0.2, 0.25) is 5.91 Å². The highest BCUT2D eigenvalue weighted by Gasteiger charge is 2.35. The normalized spacial score (nSPS) is 17.3. The Morgan fingerprint density at radius 2 is 1.89 bits per heavy atom. The molecule has 1 aromatic carbocycles. The zero-order valence-corrected chi connectivity index (χ0v) is 21.2. The molecule has 0 atom stereocenters. The van der Waals surface area contributed by atoms with Gasteiger partial charge in [-0.3, -0.25) is 19.6 Å². The number of benzene rings is 1. The monoisotopic (exact) mass is 503 g/mol. The zero-order valence-electron chi connectivity index (χ0n) is 21.2. The van der Waals surface area contributed by atoms with Crippen molar-refractivity contribution < 1.29 is 19.4 Å². The van der Waals surface area contributed by atoms with Crippen molar-refractivity contribution in [2.24, 2.45) is 0 Å². The predicted molar refractivity (Wildman–Crippen MR) is 141 cm³/mol. The van der Waals surface area contributed by atoms with Gasteiger partial charge in [0, 0.05) is 74.9 Å². The number of fused-ring (bicyclic) bond motifs is 1. The smallest absolute Gasteiger partial charge is 0.253 e. The van der Waals surface area contributed by atoms with Gasteiger partial charge in [-0.2, -0.15) is 0 Å². The van der Waals surface area contributed by atoms with Gasteiger partial charge in [-0.05, 0) is 55.7 Å². The van der Waals surface area contributed by atoms with Crippen molar-refractivity contribution in [3.8, 4) is 5.75 Å². The Kier molecular flexibility index (Phi) is 7.23. The van der Waals surface area contributed by atoms with Crippen molar-refractivity contribution >= 4 is 28.4 Å². The van der Waals surface area contributed by atoms with Gasteiger partial charge in [0.25, 0.3) is 5.91 Å². The van der Waals surface area contributed by atoms with Crippen LogP contribution in [0.4, 0.5) is 5.69 Å². The molecule has 9 nitrogen and oxygen atoms in total. The Balaban J connectivity index is 1.13. The molecule has 9 heteroatoms. The van der Waals surface area contributed by atoms with Crippen molar-refractivity contribution in [3.05, 3.63) is 60.6 Å². The van der Waals surface area contributed by atoms with E-state index in [1.807, 2.05) is 23.2 Å². The number of carbonyl (C=O) groups excluding carboxylic acids is 2. The first-order valence-electron chi connectivity index (χ1n) is 12.8. The Morgan fingerprint density at radius 3 is 2.62 bits per heavy atom. The number of pyridine rings is 2. The zero-order chi connectivity index (χ0) is 25.8. The average molecular weight is 504 g/mol. The highest BCUT2D eigenvalue weighted by atomic mass is 16.5. The van der Waals surface area contributed by atoms with Crippen LogP contribution in [0.1, 0.15) is 36.0 Å². The first-order chi connectivity index (χ1) is 17.9. The topological polar surface area (TPSA) is 99.1 Å². The largest absolute Gasteiger partial charge is 0.492 e. The number of nitrogens with zero attached hydrogens (tertiary/aromatic N) is 5. The lowest BCUT2D eigenvalue weighted by Gasteiger charge is -2.41. The van der Waals surface area contributed by atoms with Crippen molar-refractivity contribution in [1.29, 1.82) is 0 Å². The maximum atomic E-state index is 13.0. The Morgan fingerprint density at radius 1 is 1.11 bits per heavy atom. The minimum Gasteiger partial charge on any atom is -0.492 e. The second kappa shape index (κ2) is 10.7. The molecular weight excluding hydrogens is 470 g/mol. The molecule has 0 saturated carbocycles. The van der Waals surface area contributed by atoms with Crippen LogP contribution >= 0.6 is 0 Å². The lowest BCUT2D eigenvalue weighted by atomic mass is 9.90. The number of ether oxygens (including phenoxy) is 1. The number of carbonyl (C=O) groups is 2. The van der Waals surface area contributed by atoms with Crippen LogP contribution in [0.25, 0.3) is 10.9 Å². The molecule has 2 amide bonds. The van der Waals surface area contributed by atoms with Gasteiger partial charge < -0.3 is 24.5 Å². The summed E-state index contributed by atoms with van der Waals surface area (Å²) in [7, 11) is 1.73. The molecule has 2 saturated heterocycles. The van der Waals surface area contributed by atoms with E-state index in [2.05, 4.69) is 14.9 Å². The van der Waals surface area contributed by atoms with Crippen LogP contribution in [0, 0.1) is 0 Å². The first kappa shape index (κ1) is 25.0.